The van der Waals surface area contributed by atoms with Gasteiger partial charge in [-0.1, -0.05) is 25.7 Å². The predicted octanol–water partition coefficient (Wildman–Crippen LogP) is 2.74. The van der Waals surface area contributed by atoms with Crippen molar-refractivity contribution in [2.24, 2.45) is 0 Å². The number of hydrogen-bond donors (Lipinski definition) is 0. The Balaban J connectivity index is 2.17. The maximum absolute atomic E-state index is 12.2. The second-order valence-electron chi connectivity index (χ2n) is 4.96. The Morgan fingerprint density at radius 1 is 1.11 bits per heavy atom. The first-order valence-corrected chi connectivity index (χ1v) is 7.03. The summed E-state index contributed by atoms with van der Waals surface area (Å²) in [5, 5.41) is 0.155. The van der Waals surface area contributed by atoms with E-state index in [-0.39, 0.29) is 16.9 Å². The Labute approximate surface area is 115 Å². The average molecular weight is 279 g/mol. The van der Waals surface area contributed by atoms with Crippen molar-refractivity contribution < 1.29 is 0 Å². The van der Waals surface area contributed by atoms with Crippen LogP contribution in [0.4, 0.5) is 0 Å². The zero-order valence-corrected chi connectivity index (χ0v) is 11.3. The third-order valence-electron chi connectivity index (χ3n) is 3.69. The molecule has 1 aliphatic carbocycles. The molecule has 19 heavy (non-hydrogen) atoms. The predicted molar refractivity (Wildman–Crippen MR) is 73.3 cm³/mol. The Bertz CT molecular complexity index is 647. The minimum Gasteiger partial charge on any atom is -0.287 e. The maximum Gasteiger partial charge on any atom is 0.270 e. The quantitative estimate of drug-likeness (QED) is 0.594. The third-order valence-corrected chi connectivity index (χ3v) is 3.87. The summed E-state index contributed by atoms with van der Waals surface area (Å²) in [6, 6.07) is 0.200. The normalized spacial score (nSPS) is 17.5. The van der Waals surface area contributed by atoms with E-state index in [0.29, 0.717) is 11.2 Å². The molecule has 0 aromatic carbocycles. The van der Waals surface area contributed by atoms with Gasteiger partial charge in [0.25, 0.3) is 5.56 Å². The first kappa shape index (κ1) is 12.5. The number of rotatable bonds is 1. The van der Waals surface area contributed by atoms with Crippen molar-refractivity contribution in [3.63, 3.8) is 0 Å². The monoisotopic (exact) mass is 278 g/mol. The van der Waals surface area contributed by atoms with E-state index >= 15 is 0 Å². The van der Waals surface area contributed by atoms with Crippen LogP contribution in [0.15, 0.2) is 17.2 Å². The van der Waals surface area contributed by atoms with Crippen molar-refractivity contribution in [3.05, 3.63) is 28.0 Å². The summed E-state index contributed by atoms with van der Waals surface area (Å²) in [5.74, 6) is 0. The molecular formula is C13H15ClN4O. The molecule has 1 saturated carbocycles. The van der Waals surface area contributed by atoms with E-state index < -0.39 is 0 Å². The lowest BCUT2D eigenvalue weighted by Gasteiger charge is -2.18. The minimum atomic E-state index is -0.103. The van der Waals surface area contributed by atoms with Gasteiger partial charge in [-0.15, -0.1) is 0 Å². The molecule has 0 saturated heterocycles. The van der Waals surface area contributed by atoms with Gasteiger partial charge in [0, 0.05) is 6.04 Å². The van der Waals surface area contributed by atoms with Crippen LogP contribution in [0.1, 0.15) is 44.6 Å². The van der Waals surface area contributed by atoms with E-state index in [2.05, 4.69) is 15.0 Å². The van der Waals surface area contributed by atoms with Gasteiger partial charge >= 0.3 is 0 Å². The number of hydrogen-bond acceptors (Lipinski definition) is 4. The van der Waals surface area contributed by atoms with Crippen LogP contribution in [0.3, 0.4) is 0 Å². The van der Waals surface area contributed by atoms with Gasteiger partial charge in [0.05, 0.1) is 12.4 Å². The van der Waals surface area contributed by atoms with Crippen molar-refractivity contribution in [3.8, 4) is 0 Å². The Morgan fingerprint density at radius 2 is 1.84 bits per heavy atom. The largest absolute Gasteiger partial charge is 0.287 e. The topological polar surface area (TPSA) is 60.7 Å². The zero-order valence-electron chi connectivity index (χ0n) is 10.5. The molecule has 2 heterocycles. The van der Waals surface area contributed by atoms with Crippen LogP contribution >= 0.6 is 11.6 Å². The van der Waals surface area contributed by atoms with Crippen LogP contribution in [-0.4, -0.2) is 19.5 Å². The first-order valence-electron chi connectivity index (χ1n) is 6.65. The van der Waals surface area contributed by atoms with Crippen LogP contribution < -0.4 is 5.56 Å². The number of halogens is 1. The van der Waals surface area contributed by atoms with Gasteiger partial charge < -0.3 is 0 Å². The van der Waals surface area contributed by atoms with Crippen molar-refractivity contribution in [2.45, 2.75) is 44.6 Å². The summed E-state index contributed by atoms with van der Waals surface area (Å²) in [4.78, 5) is 24.4. The summed E-state index contributed by atoms with van der Waals surface area (Å²) in [7, 11) is 0. The van der Waals surface area contributed by atoms with Crippen molar-refractivity contribution in [1.82, 2.24) is 19.5 Å². The van der Waals surface area contributed by atoms with E-state index in [4.69, 9.17) is 11.6 Å². The van der Waals surface area contributed by atoms with Crippen LogP contribution in [0, 0.1) is 0 Å². The fourth-order valence-electron chi connectivity index (χ4n) is 2.77. The van der Waals surface area contributed by atoms with Gasteiger partial charge in [0.1, 0.15) is 5.52 Å². The molecule has 2 aromatic heterocycles. The molecule has 2 aromatic rings. The molecule has 1 fully saturated rings. The zero-order chi connectivity index (χ0) is 13.2. The van der Waals surface area contributed by atoms with Gasteiger partial charge in [-0.05, 0) is 24.4 Å². The number of aromatic nitrogens is 4. The van der Waals surface area contributed by atoms with E-state index in [0.717, 1.165) is 25.7 Å². The summed E-state index contributed by atoms with van der Waals surface area (Å²) in [6.45, 7) is 0. The highest BCUT2D eigenvalue weighted by Crippen LogP contribution is 2.27. The van der Waals surface area contributed by atoms with Gasteiger partial charge in [-0.3, -0.25) is 9.36 Å². The lowest BCUT2D eigenvalue weighted by molar-refractivity contribution is 0.441. The minimum absolute atomic E-state index is 0.103. The van der Waals surface area contributed by atoms with E-state index in [1.54, 1.807) is 10.8 Å². The second-order valence-corrected chi connectivity index (χ2v) is 5.30. The number of fused-ring (bicyclic) bond motifs is 1. The van der Waals surface area contributed by atoms with Crippen LogP contribution in [0.25, 0.3) is 11.2 Å². The molecule has 0 unspecified atom stereocenters. The Morgan fingerprint density at radius 3 is 2.58 bits per heavy atom. The van der Waals surface area contributed by atoms with E-state index in [9.17, 15) is 4.79 Å². The van der Waals surface area contributed by atoms with E-state index in [1.807, 2.05) is 0 Å². The van der Waals surface area contributed by atoms with Crippen molar-refractivity contribution >= 4 is 22.8 Å². The van der Waals surface area contributed by atoms with Gasteiger partial charge in [-0.25, -0.2) is 9.97 Å². The third kappa shape index (κ3) is 2.47. The van der Waals surface area contributed by atoms with Gasteiger partial charge in [-0.2, -0.15) is 4.98 Å². The first-order chi connectivity index (χ1) is 9.25. The highest BCUT2D eigenvalue weighted by molar-refractivity contribution is 6.28. The smallest absolute Gasteiger partial charge is 0.270 e. The Kier molecular flexibility index (Phi) is 3.46. The molecule has 0 radical (unpaired) electrons. The molecule has 0 bridgehead atoms. The lowest BCUT2D eigenvalue weighted by atomic mass is 10.1. The molecule has 0 atom stereocenters. The molecule has 0 amide bonds. The summed E-state index contributed by atoms with van der Waals surface area (Å²) in [6.07, 6.45) is 9.73. The average Bonchev–Trinajstić information content (AvgIpc) is 2.67. The molecule has 0 N–H and O–H groups in total. The van der Waals surface area contributed by atoms with Gasteiger partial charge in [0.15, 0.2) is 5.65 Å². The summed E-state index contributed by atoms with van der Waals surface area (Å²) in [5.41, 5.74) is 1.07. The molecule has 0 aliphatic heterocycles. The standard InChI is InChI=1S/C13H15ClN4O/c14-13-16-7-10-12(17-13)18(11(19)8-15-10)9-5-3-1-2-4-6-9/h7-9H,1-6H2. The summed E-state index contributed by atoms with van der Waals surface area (Å²) < 4.78 is 1.75. The van der Waals surface area contributed by atoms with Crippen LogP contribution in [0.2, 0.25) is 5.28 Å². The molecule has 5 nitrogen and oxygen atoms in total. The van der Waals surface area contributed by atoms with Crippen molar-refractivity contribution in [2.75, 3.05) is 0 Å². The SMILES string of the molecule is O=c1cnc2cnc(Cl)nc2n1C1CCCCCC1. The van der Waals surface area contributed by atoms with Gasteiger partial charge in [0.2, 0.25) is 5.28 Å². The Hall–Kier alpha value is -1.49. The molecular weight excluding hydrogens is 264 g/mol. The maximum atomic E-state index is 12.2. The van der Waals surface area contributed by atoms with E-state index in [1.165, 1.54) is 19.0 Å². The second kappa shape index (κ2) is 5.25. The molecule has 6 heteroatoms. The number of nitrogens with zero attached hydrogens (tertiary/aromatic N) is 4. The molecule has 3 rings (SSSR count). The fourth-order valence-corrected chi connectivity index (χ4v) is 2.90. The van der Waals surface area contributed by atoms with Crippen LogP contribution in [-0.2, 0) is 0 Å². The molecule has 0 spiro atoms. The summed E-state index contributed by atoms with van der Waals surface area (Å²) >= 11 is 5.85. The highest BCUT2D eigenvalue weighted by atomic mass is 35.5. The fraction of sp³-hybridized carbons (Fsp3) is 0.538. The van der Waals surface area contributed by atoms with Crippen molar-refractivity contribution in [1.29, 1.82) is 0 Å². The van der Waals surface area contributed by atoms with Crippen LogP contribution in [0.5, 0.6) is 0 Å². The lowest BCUT2D eigenvalue weighted by Crippen LogP contribution is -2.26. The molecule has 100 valence electrons. The highest BCUT2D eigenvalue weighted by Gasteiger charge is 2.18. The molecule has 1 aliphatic rings.